The zero-order valence-electron chi connectivity index (χ0n) is 11.1. The van der Waals surface area contributed by atoms with E-state index >= 15 is 0 Å². The average molecular weight is 287 g/mol. The number of aromatic amines is 1. The summed E-state index contributed by atoms with van der Waals surface area (Å²) in [5, 5.41) is 5.66. The zero-order chi connectivity index (χ0) is 14.6. The van der Waals surface area contributed by atoms with Gasteiger partial charge in [0.05, 0.1) is 12.8 Å². The van der Waals surface area contributed by atoms with Gasteiger partial charge in [-0.15, -0.1) is 0 Å². The standard InChI is InChI=1S/C11H17N3O4S/c1-5-18-11(15)9-6-12-13-10(9)19(16,17)14(4)7-8(2)3/h6H,2,5,7H2,1,3-4H3,(H,12,13). The lowest BCUT2D eigenvalue weighted by atomic mass is 10.4. The third-order valence-electron chi connectivity index (χ3n) is 2.26. The van der Waals surface area contributed by atoms with Gasteiger partial charge in [-0.05, 0) is 13.8 Å². The molecule has 106 valence electrons. The van der Waals surface area contributed by atoms with E-state index in [-0.39, 0.29) is 23.7 Å². The Balaban J connectivity index is 3.12. The first kappa shape index (κ1) is 15.4. The van der Waals surface area contributed by atoms with Gasteiger partial charge >= 0.3 is 5.97 Å². The Morgan fingerprint density at radius 2 is 2.21 bits per heavy atom. The number of hydrogen-bond donors (Lipinski definition) is 1. The molecule has 1 heterocycles. The van der Waals surface area contributed by atoms with Gasteiger partial charge < -0.3 is 4.74 Å². The number of nitrogens with zero attached hydrogens (tertiary/aromatic N) is 2. The van der Waals surface area contributed by atoms with Crippen LogP contribution in [0.4, 0.5) is 0 Å². The fourth-order valence-electron chi connectivity index (χ4n) is 1.45. The van der Waals surface area contributed by atoms with Gasteiger partial charge in [0.2, 0.25) is 0 Å². The second-order valence-corrected chi connectivity index (χ2v) is 6.03. The van der Waals surface area contributed by atoms with E-state index in [1.807, 2.05) is 0 Å². The molecule has 0 fully saturated rings. The maximum atomic E-state index is 12.3. The summed E-state index contributed by atoms with van der Waals surface area (Å²) in [5.41, 5.74) is 0.582. The maximum Gasteiger partial charge on any atom is 0.342 e. The van der Waals surface area contributed by atoms with Crippen molar-refractivity contribution in [3.63, 3.8) is 0 Å². The quantitative estimate of drug-likeness (QED) is 0.616. The van der Waals surface area contributed by atoms with Gasteiger partial charge in [-0.2, -0.15) is 9.40 Å². The highest BCUT2D eigenvalue weighted by atomic mass is 32.2. The molecule has 1 N–H and O–H groups in total. The molecule has 0 saturated heterocycles. The van der Waals surface area contributed by atoms with Crippen LogP contribution in [0.3, 0.4) is 0 Å². The van der Waals surface area contributed by atoms with Gasteiger partial charge in [0.15, 0.2) is 5.03 Å². The van der Waals surface area contributed by atoms with E-state index in [0.717, 1.165) is 10.5 Å². The smallest absolute Gasteiger partial charge is 0.342 e. The molecule has 0 bridgehead atoms. The van der Waals surface area contributed by atoms with Crippen LogP contribution in [0.2, 0.25) is 0 Å². The summed E-state index contributed by atoms with van der Waals surface area (Å²) < 4.78 is 30.4. The highest BCUT2D eigenvalue weighted by Gasteiger charge is 2.29. The van der Waals surface area contributed by atoms with E-state index in [1.54, 1.807) is 13.8 Å². The number of H-pyrrole nitrogens is 1. The van der Waals surface area contributed by atoms with Crippen molar-refractivity contribution >= 4 is 16.0 Å². The normalized spacial score (nSPS) is 11.6. The zero-order valence-corrected chi connectivity index (χ0v) is 12.0. The third kappa shape index (κ3) is 3.42. The Labute approximate surface area is 112 Å². The van der Waals surface area contributed by atoms with Crippen LogP contribution in [0.25, 0.3) is 0 Å². The number of carbonyl (C=O) groups excluding carboxylic acids is 1. The molecule has 1 aromatic heterocycles. The molecule has 0 aliphatic carbocycles. The Morgan fingerprint density at radius 1 is 1.58 bits per heavy atom. The first-order valence-corrected chi connectivity index (χ1v) is 7.06. The second kappa shape index (κ2) is 5.98. The number of esters is 1. The van der Waals surface area contributed by atoms with Crippen LogP contribution >= 0.6 is 0 Å². The second-order valence-electron chi connectivity index (χ2n) is 4.05. The van der Waals surface area contributed by atoms with Gasteiger partial charge in [0, 0.05) is 13.6 Å². The number of aromatic nitrogens is 2. The van der Waals surface area contributed by atoms with E-state index in [1.165, 1.54) is 7.05 Å². The van der Waals surface area contributed by atoms with Crippen LogP contribution in [0.15, 0.2) is 23.4 Å². The minimum absolute atomic E-state index is 0.101. The van der Waals surface area contributed by atoms with Crippen LogP contribution in [0.5, 0.6) is 0 Å². The topological polar surface area (TPSA) is 92.4 Å². The van der Waals surface area contributed by atoms with Gasteiger partial charge in [0.25, 0.3) is 10.0 Å². The molecule has 0 aliphatic heterocycles. The van der Waals surface area contributed by atoms with E-state index in [2.05, 4.69) is 16.8 Å². The van der Waals surface area contributed by atoms with Crippen LogP contribution in [0.1, 0.15) is 24.2 Å². The van der Waals surface area contributed by atoms with Crippen molar-refractivity contribution in [2.24, 2.45) is 0 Å². The first-order chi connectivity index (χ1) is 8.80. The molecule has 8 heteroatoms. The lowest BCUT2D eigenvalue weighted by molar-refractivity contribution is 0.0521. The average Bonchev–Trinajstić information content (AvgIpc) is 2.77. The van der Waals surface area contributed by atoms with Crippen molar-refractivity contribution in [3.8, 4) is 0 Å². The van der Waals surface area contributed by atoms with Crippen molar-refractivity contribution in [1.82, 2.24) is 14.5 Å². The summed E-state index contributed by atoms with van der Waals surface area (Å²) in [5.74, 6) is -0.724. The van der Waals surface area contributed by atoms with Crippen LogP contribution in [-0.2, 0) is 14.8 Å². The van der Waals surface area contributed by atoms with Gasteiger partial charge in [-0.3, -0.25) is 5.10 Å². The molecule has 0 unspecified atom stereocenters. The summed E-state index contributed by atoms with van der Waals surface area (Å²) in [6, 6.07) is 0. The number of rotatable bonds is 6. The summed E-state index contributed by atoms with van der Waals surface area (Å²) in [6.07, 6.45) is 1.14. The van der Waals surface area contributed by atoms with Gasteiger partial charge in [0.1, 0.15) is 5.56 Å². The lowest BCUT2D eigenvalue weighted by Crippen LogP contribution is -2.30. The molecule has 0 aliphatic rings. The molecule has 19 heavy (non-hydrogen) atoms. The SMILES string of the molecule is C=C(C)CN(C)S(=O)(=O)c1[nH]ncc1C(=O)OCC. The minimum Gasteiger partial charge on any atom is -0.462 e. The molecule has 0 saturated carbocycles. The molecule has 0 aromatic carbocycles. The Kier molecular flexibility index (Phi) is 4.84. The number of likely N-dealkylation sites (N-methyl/N-ethyl adjacent to an activating group) is 1. The summed E-state index contributed by atoms with van der Waals surface area (Å²) in [6.45, 7) is 7.32. The predicted molar refractivity (Wildman–Crippen MR) is 69.2 cm³/mol. The first-order valence-electron chi connectivity index (χ1n) is 5.62. The monoisotopic (exact) mass is 287 g/mol. The van der Waals surface area contributed by atoms with Crippen LogP contribution in [0, 0.1) is 0 Å². The lowest BCUT2D eigenvalue weighted by Gasteiger charge is -2.16. The Bertz CT molecular complexity index is 577. The maximum absolute atomic E-state index is 12.3. The fourth-order valence-corrected chi connectivity index (χ4v) is 2.73. The van der Waals surface area contributed by atoms with Gasteiger partial charge in [-0.1, -0.05) is 12.2 Å². The summed E-state index contributed by atoms with van der Waals surface area (Å²) in [7, 11) is -2.43. The number of nitrogens with one attached hydrogen (secondary N) is 1. The third-order valence-corrected chi connectivity index (χ3v) is 4.04. The van der Waals surface area contributed by atoms with Crippen molar-refractivity contribution in [1.29, 1.82) is 0 Å². The molecule has 0 amide bonds. The predicted octanol–water partition coefficient (Wildman–Crippen LogP) is 0.783. The molecule has 0 radical (unpaired) electrons. The Hall–Kier alpha value is -1.67. The number of sulfonamides is 1. The van der Waals surface area contributed by atoms with E-state index in [0.29, 0.717) is 5.57 Å². The van der Waals surface area contributed by atoms with Crippen molar-refractivity contribution in [2.45, 2.75) is 18.9 Å². The molecular formula is C11H17N3O4S. The van der Waals surface area contributed by atoms with E-state index < -0.39 is 16.0 Å². The summed E-state index contributed by atoms with van der Waals surface area (Å²) >= 11 is 0. The number of ether oxygens (including phenoxy) is 1. The molecular weight excluding hydrogens is 270 g/mol. The van der Waals surface area contributed by atoms with Crippen LogP contribution in [-0.4, -0.2) is 49.1 Å². The Morgan fingerprint density at radius 3 is 2.74 bits per heavy atom. The summed E-state index contributed by atoms with van der Waals surface area (Å²) in [4.78, 5) is 11.6. The highest BCUT2D eigenvalue weighted by Crippen LogP contribution is 2.17. The molecule has 7 nitrogen and oxygen atoms in total. The van der Waals surface area contributed by atoms with E-state index in [9.17, 15) is 13.2 Å². The molecule has 1 aromatic rings. The van der Waals surface area contributed by atoms with Crippen LogP contribution < -0.4 is 0 Å². The molecule has 0 spiro atoms. The van der Waals surface area contributed by atoms with E-state index in [4.69, 9.17) is 4.74 Å². The number of hydrogen-bond acceptors (Lipinski definition) is 5. The molecule has 0 atom stereocenters. The van der Waals surface area contributed by atoms with Crippen molar-refractivity contribution in [3.05, 3.63) is 23.9 Å². The van der Waals surface area contributed by atoms with Gasteiger partial charge in [-0.25, -0.2) is 13.2 Å². The molecule has 1 rings (SSSR count). The number of carbonyl (C=O) groups is 1. The highest BCUT2D eigenvalue weighted by molar-refractivity contribution is 7.89. The van der Waals surface area contributed by atoms with Crippen molar-refractivity contribution < 1.29 is 17.9 Å². The minimum atomic E-state index is -3.83. The largest absolute Gasteiger partial charge is 0.462 e. The van der Waals surface area contributed by atoms with Crippen molar-refractivity contribution in [2.75, 3.05) is 20.2 Å². The fraction of sp³-hybridized carbons (Fsp3) is 0.455.